The van der Waals surface area contributed by atoms with Gasteiger partial charge in [-0.05, 0) is 56.1 Å². The molecule has 1 aromatic carbocycles. The fraction of sp³-hybridized carbons (Fsp3) is 0. The second kappa shape index (κ2) is 5.33. The van der Waals surface area contributed by atoms with Crippen molar-refractivity contribution in [3.8, 4) is 0 Å². The summed E-state index contributed by atoms with van der Waals surface area (Å²) in [6.07, 6.45) is 1.18. The number of anilines is 1. The third-order valence-electron chi connectivity index (χ3n) is 3.23. The molecule has 2 N–H and O–H groups in total. The van der Waals surface area contributed by atoms with Gasteiger partial charge >= 0.3 is 0 Å². The molecule has 5 nitrogen and oxygen atoms in total. The SMILES string of the molecule is Nc1ccc(C(=O)c2coc3c2C(=O)C(=O)C(Br)=C3Br)cc1. The first kappa shape index (κ1) is 14.9. The highest BCUT2D eigenvalue weighted by atomic mass is 79.9. The summed E-state index contributed by atoms with van der Waals surface area (Å²) in [6, 6.07) is 6.26. The first-order chi connectivity index (χ1) is 10.4. The maximum atomic E-state index is 12.5. The van der Waals surface area contributed by atoms with Crippen LogP contribution < -0.4 is 5.73 Å². The molecule has 0 amide bonds. The van der Waals surface area contributed by atoms with Crippen LogP contribution in [0.5, 0.6) is 0 Å². The van der Waals surface area contributed by atoms with Gasteiger partial charge in [0, 0.05) is 11.3 Å². The standard InChI is InChI=1S/C15H7Br2NO4/c16-10-11(17)15-9(13(20)14(10)21)8(5-22-15)12(19)6-1-3-7(18)4-2-6/h1-5H,18H2. The summed E-state index contributed by atoms with van der Waals surface area (Å²) < 4.78 is 5.69. The minimum Gasteiger partial charge on any atom is -0.462 e. The van der Waals surface area contributed by atoms with Crippen molar-refractivity contribution in [2.45, 2.75) is 0 Å². The largest absolute Gasteiger partial charge is 0.462 e. The van der Waals surface area contributed by atoms with Gasteiger partial charge in [-0.2, -0.15) is 0 Å². The predicted octanol–water partition coefficient (Wildman–Crippen LogP) is 3.32. The van der Waals surface area contributed by atoms with Crippen LogP contribution in [-0.2, 0) is 4.79 Å². The van der Waals surface area contributed by atoms with E-state index in [1.54, 1.807) is 24.3 Å². The van der Waals surface area contributed by atoms with Gasteiger partial charge < -0.3 is 10.2 Å². The molecule has 0 aliphatic heterocycles. The Morgan fingerprint density at radius 2 is 1.64 bits per heavy atom. The molecule has 1 aliphatic carbocycles. The lowest BCUT2D eigenvalue weighted by Gasteiger charge is -2.10. The van der Waals surface area contributed by atoms with Gasteiger partial charge in [0.1, 0.15) is 6.26 Å². The van der Waals surface area contributed by atoms with Crippen LogP contribution in [0.1, 0.15) is 32.0 Å². The van der Waals surface area contributed by atoms with Crippen LogP contribution in [0.25, 0.3) is 4.48 Å². The van der Waals surface area contributed by atoms with Crippen molar-refractivity contribution in [2.24, 2.45) is 0 Å². The summed E-state index contributed by atoms with van der Waals surface area (Å²) in [4.78, 5) is 36.6. The van der Waals surface area contributed by atoms with Crippen LogP contribution in [0.2, 0.25) is 0 Å². The average Bonchev–Trinajstić information content (AvgIpc) is 2.96. The number of benzene rings is 1. The van der Waals surface area contributed by atoms with Crippen LogP contribution in [-0.4, -0.2) is 17.3 Å². The number of nitrogen functional groups attached to an aromatic ring is 1. The number of fused-ring (bicyclic) bond motifs is 1. The lowest BCUT2D eigenvalue weighted by molar-refractivity contribution is -0.111. The number of carbonyl (C=O) groups is 3. The van der Waals surface area contributed by atoms with E-state index in [9.17, 15) is 14.4 Å². The third-order valence-corrected chi connectivity index (χ3v) is 5.28. The molecule has 1 heterocycles. The average molecular weight is 425 g/mol. The highest BCUT2D eigenvalue weighted by Crippen LogP contribution is 2.39. The minimum absolute atomic E-state index is 0.0260. The fourth-order valence-corrected chi connectivity index (χ4v) is 2.95. The van der Waals surface area contributed by atoms with Crippen molar-refractivity contribution in [3.05, 3.63) is 57.5 Å². The van der Waals surface area contributed by atoms with Crippen molar-refractivity contribution >= 4 is 59.4 Å². The molecular formula is C15H7Br2NO4. The van der Waals surface area contributed by atoms with Gasteiger partial charge in [-0.1, -0.05) is 0 Å². The maximum Gasteiger partial charge on any atom is 0.241 e. The van der Waals surface area contributed by atoms with Crippen LogP contribution in [0.3, 0.4) is 0 Å². The third kappa shape index (κ3) is 2.17. The number of rotatable bonds is 2. The van der Waals surface area contributed by atoms with E-state index < -0.39 is 17.3 Å². The normalized spacial score (nSPS) is 14.3. The van der Waals surface area contributed by atoms with Gasteiger partial charge in [-0.15, -0.1) is 0 Å². The van der Waals surface area contributed by atoms with Gasteiger partial charge in [-0.3, -0.25) is 14.4 Å². The van der Waals surface area contributed by atoms with Crippen molar-refractivity contribution in [1.82, 2.24) is 0 Å². The molecule has 110 valence electrons. The topological polar surface area (TPSA) is 90.4 Å². The Bertz CT molecular complexity index is 862. The lowest BCUT2D eigenvalue weighted by atomic mass is 9.94. The van der Waals surface area contributed by atoms with Gasteiger partial charge in [-0.25, -0.2) is 0 Å². The van der Waals surface area contributed by atoms with E-state index in [4.69, 9.17) is 10.2 Å². The second-order valence-corrected chi connectivity index (χ2v) is 6.18. The molecule has 7 heteroatoms. The van der Waals surface area contributed by atoms with E-state index in [0.717, 1.165) is 0 Å². The van der Waals surface area contributed by atoms with E-state index in [1.165, 1.54) is 6.26 Å². The Morgan fingerprint density at radius 1 is 1.00 bits per heavy atom. The summed E-state index contributed by atoms with van der Waals surface area (Å²) in [7, 11) is 0. The molecule has 0 bridgehead atoms. The molecule has 22 heavy (non-hydrogen) atoms. The predicted molar refractivity (Wildman–Crippen MR) is 87.1 cm³/mol. The van der Waals surface area contributed by atoms with Crippen LogP contribution in [0.4, 0.5) is 5.69 Å². The zero-order chi connectivity index (χ0) is 16.0. The fourth-order valence-electron chi connectivity index (χ4n) is 2.11. The van der Waals surface area contributed by atoms with Crippen molar-refractivity contribution in [3.63, 3.8) is 0 Å². The number of Topliss-reactive ketones (excluding diaryl/α,β-unsaturated/α-hetero) is 2. The Labute approximate surface area is 141 Å². The van der Waals surface area contributed by atoms with Crippen molar-refractivity contribution in [1.29, 1.82) is 0 Å². The van der Waals surface area contributed by atoms with Crippen molar-refractivity contribution < 1.29 is 18.8 Å². The molecule has 1 aliphatic rings. The first-order valence-corrected chi connectivity index (χ1v) is 7.66. The molecule has 0 unspecified atom stereocenters. The van der Waals surface area contributed by atoms with Gasteiger partial charge in [0.25, 0.3) is 0 Å². The molecule has 0 atom stereocenters. The maximum absolute atomic E-state index is 12.5. The van der Waals surface area contributed by atoms with Gasteiger partial charge in [0.15, 0.2) is 11.5 Å². The summed E-state index contributed by atoms with van der Waals surface area (Å²) in [5.41, 5.74) is 6.48. The zero-order valence-electron chi connectivity index (χ0n) is 10.9. The van der Waals surface area contributed by atoms with Crippen LogP contribution >= 0.6 is 31.9 Å². The Hall–Kier alpha value is -1.99. The van der Waals surface area contributed by atoms with Crippen molar-refractivity contribution in [2.75, 3.05) is 5.73 Å². The number of hydrogen-bond acceptors (Lipinski definition) is 5. The van der Waals surface area contributed by atoms with Gasteiger partial charge in [0.05, 0.1) is 20.1 Å². The van der Waals surface area contributed by atoms with E-state index in [1.807, 2.05) is 0 Å². The number of nitrogens with two attached hydrogens (primary N) is 1. The highest BCUT2D eigenvalue weighted by molar-refractivity contribution is 9.16. The molecule has 3 rings (SSSR count). The number of hydrogen-bond donors (Lipinski definition) is 1. The monoisotopic (exact) mass is 423 g/mol. The summed E-state index contributed by atoms with van der Waals surface area (Å²) in [5.74, 6) is -1.76. The Kier molecular flexibility index (Phi) is 3.62. The van der Waals surface area contributed by atoms with E-state index in [2.05, 4.69) is 31.9 Å². The molecule has 1 aromatic heterocycles. The van der Waals surface area contributed by atoms with Crippen LogP contribution in [0, 0.1) is 0 Å². The molecule has 0 spiro atoms. The number of allylic oxidation sites excluding steroid dienone is 1. The smallest absolute Gasteiger partial charge is 0.241 e. The molecule has 0 fully saturated rings. The summed E-state index contributed by atoms with van der Waals surface area (Å²) >= 11 is 6.22. The number of carbonyl (C=O) groups excluding carboxylic acids is 3. The number of ketones is 3. The minimum atomic E-state index is -0.780. The summed E-state index contributed by atoms with van der Waals surface area (Å²) in [6.45, 7) is 0. The molecular weight excluding hydrogens is 418 g/mol. The molecule has 0 radical (unpaired) electrons. The molecule has 2 aromatic rings. The number of furan rings is 1. The zero-order valence-corrected chi connectivity index (χ0v) is 14.0. The Balaban J connectivity index is 2.14. The number of halogens is 2. The Morgan fingerprint density at radius 3 is 2.27 bits per heavy atom. The van der Waals surface area contributed by atoms with E-state index in [-0.39, 0.29) is 21.4 Å². The first-order valence-electron chi connectivity index (χ1n) is 6.08. The lowest BCUT2D eigenvalue weighted by Crippen LogP contribution is -2.21. The highest BCUT2D eigenvalue weighted by Gasteiger charge is 2.37. The van der Waals surface area contributed by atoms with Crippen LogP contribution in [0.15, 0.2) is 39.4 Å². The molecule has 0 saturated carbocycles. The van der Waals surface area contributed by atoms with E-state index in [0.29, 0.717) is 15.7 Å². The quantitative estimate of drug-likeness (QED) is 0.453. The van der Waals surface area contributed by atoms with Gasteiger partial charge in [0.2, 0.25) is 11.6 Å². The summed E-state index contributed by atoms with van der Waals surface area (Å²) in [5, 5.41) is 0. The second-order valence-electron chi connectivity index (χ2n) is 4.59. The van der Waals surface area contributed by atoms with E-state index >= 15 is 0 Å². The molecule has 0 saturated heterocycles.